The van der Waals surface area contributed by atoms with E-state index in [0.717, 1.165) is 4.90 Å². The zero-order valence-electron chi connectivity index (χ0n) is 48.5. The topological polar surface area (TPSA) is 464 Å². The smallest absolute Gasteiger partial charge is 0.410 e. The number of hydrogen-bond acceptors (Lipinski definition) is 25. The van der Waals surface area contributed by atoms with Crippen LogP contribution in [0.1, 0.15) is 63.6 Å². The van der Waals surface area contributed by atoms with Gasteiger partial charge in [0, 0.05) is 68.5 Å². The van der Waals surface area contributed by atoms with Gasteiger partial charge < -0.3 is 95.3 Å². The van der Waals surface area contributed by atoms with Crippen molar-refractivity contribution in [1.82, 2.24) is 31.5 Å². The molecule has 3 aromatic rings. The molecule has 3 aromatic carbocycles. The van der Waals surface area contributed by atoms with Crippen LogP contribution < -0.4 is 26.6 Å². The number of nitrogens with one attached hydrogen (secondary N) is 5. The number of nitro groups is 3. The molecule has 2 unspecified atom stereocenters. The molecule has 33 nitrogen and oxygen atoms in total. The van der Waals surface area contributed by atoms with Crippen molar-refractivity contribution in [3.8, 4) is 0 Å². The second kappa shape index (κ2) is 31.0. The summed E-state index contributed by atoms with van der Waals surface area (Å²) in [5, 5.41) is 115. The summed E-state index contributed by atoms with van der Waals surface area (Å²) in [4.78, 5) is 101. The Kier molecular flexibility index (Phi) is 24.2. The number of alkyl carbamates (subject to hydrolysis) is 3. The van der Waals surface area contributed by atoms with Gasteiger partial charge in [-0.05, 0) is 106 Å². The Labute approximate surface area is 502 Å². The Hall–Kier alpha value is -8.41. The van der Waals surface area contributed by atoms with Crippen molar-refractivity contribution in [1.29, 1.82) is 0 Å². The highest BCUT2D eigenvalue weighted by Gasteiger charge is 2.56. The van der Waals surface area contributed by atoms with Crippen molar-refractivity contribution < 1.29 is 103 Å². The number of benzene rings is 3. The van der Waals surface area contributed by atoms with Gasteiger partial charge in [0.2, 0.25) is 5.91 Å². The van der Waals surface area contributed by atoms with Gasteiger partial charge in [0.25, 0.3) is 17.1 Å². The lowest BCUT2D eigenvalue weighted by Gasteiger charge is -2.52. The number of nitro benzene ring substituents is 3. The molecule has 1 saturated heterocycles. The Morgan fingerprint density at radius 2 is 1.25 bits per heavy atom. The van der Waals surface area contributed by atoms with Crippen LogP contribution in [0.3, 0.4) is 0 Å². The average molecular weight is 1240 g/mol. The predicted octanol–water partition coefficient (Wildman–Crippen LogP) is 1.55. The van der Waals surface area contributed by atoms with Crippen LogP contribution in [-0.2, 0) is 57.8 Å². The minimum Gasteiger partial charge on any atom is -0.491 e. The first kappa shape index (κ1) is 68.7. The molecule has 2 fully saturated rings. The van der Waals surface area contributed by atoms with Gasteiger partial charge in [-0.25, -0.2) is 19.2 Å². The lowest BCUT2D eigenvalue weighted by atomic mass is 9.72. The van der Waals surface area contributed by atoms with Crippen LogP contribution in [-0.4, -0.2) is 199 Å². The van der Waals surface area contributed by atoms with E-state index < -0.39 is 162 Å². The van der Waals surface area contributed by atoms with Crippen LogP contribution in [0, 0.1) is 36.3 Å². The molecule has 3 aliphatic rings. The third-order valence-electron chi connectivity index (χ3n) is 14.3. The van der Waals surface area contributed by atoms with Crippen LogP contribution in [0.25, 0.3) is 0 Å². The number of amides is 5. The van der Waals surface area contributed by atoms with Gasteiger partial charge in [-0.2, -0.15) is 0 Å². The van der Waals surface area contributed by atoms with Crippen molar-refractivity contribution in [2.45, 2.75) is 145 Å². The molecule has 11 N–H and O–H groups in total. The van der Waals surface area contributed by atoms with Gasteiger partial charge in [-0.1, -0.05) is 0 Å². The molecule has 13 atom stereocenters. The fourth-order valence-corrected chi connectivity index (χ4v) is 9.95. The fourth-order valence-electron chi connectivity index (χ4n) is 9.95. The Morgan fingerprint density at radius 1 is 0.750 bits per heavy atom. The molecule has 482 valence electrons. The van der Waals surface area contributed by atoms with Crippen molar-refractivity contribution in [2.75, 3.05) is 39.9 Å². The van der Waals surface area contributed by atoms with E-state index in [9.17, 15) is 85.0 Å². The largest absolute Gasteiger partial charge is 0.491 e. The molecule has 6 rings (SSSR count). The summed E-state index contributed by atoms with van der Waals surface area (Å²) in [7, 11) is 1.24. The Morgan fingerprint density at radius 3 is 1.74 bits per heavy atom. The maximum absolute atomic E-state index is 14.2. The lowest BCUT2D eigenvalue weighted by Crippen LogP contribution is -2.71. The highest BCUT2D eigenvalue weighted by atomic mass is 16.7. The highest BCUT2D eigenvalue weighted by molar-refractivity contribution is 5.81. The van der Waals surface area contributed by atoms with Crippen LogP contribution in [0.5, 0.6) is 0 Å². The number of aliphatic hydroxyl groups excluding tert-OH is 5. The minimum absolute atomic E-state index is 0.0912. The van der Waals surface area contributed by atoms with Gasteiger partial charge in [-0.15, -0.1) is 0 Å². The third-order valence-corrected chi connectivity index (χ3v) is 14.3. The van der Waals surface area contributed by atoms with Gasteiger partial charge in [0.05, 0.1) is 64.9 Å². The molecule has 0 bridgehead atoms. The number of non-ortho nitro benzene ring substituents is 3. The van der Waals surface area contributed by atoms with Crippen molar-refractivity contribution in [3.63, 3.8) is 0 Å². The number of aliphatic hydroxyl groups is 6. The van der Waals surface area contributed by atoms with Gasteiger partial charge in [-0.3, -0.25) is 35.1 Å². The summed E-state index contributed by atoms with van der Waals surface area (Å²) in [6, 6.07) is 9.65. The molecule has 1 aliphatic carbocycles. The van der Waals surface area contributed by atoms with Gasteiger partial charge >= 0.3 is 24.4 Å². The summed E-state index contributed by atoms with van der Waals surface area (Å²) < 4.78 is 40.7. The zero-order chi connectivity index (χ0) is 64.6. The summed E-state index contributed by atoms with van der Waals surface area (Å²) in [6.45, 7) is 3.06. The summed E-state index contributed by atoms with van der Waals surface area (Å²) in [5.41, 5.74) is -2.62. The number of ether oxygens (including phenoxy) is 7. The molecule has 0 radical (unpaired) electrons. The average Bonchev–Trinajstić information content (AvgIpc) is 1.51. The SMILES string of the molecule is CN(C(=O)OC(C)(C)C)[C@@H]1[C@@H](O)[C@@H](O[C@@H]2[C@@H](O)[C@H](C3OC(CNCC(O)CO)=CC[C@H]3NC(=O)OCc3ccc([N+](=O)[O-])cc3)[C@@H](NC(=O)OCc3ccc([N+](=O)[O-])cc3)C[C@H]2NC(=O)[C@@H](O)CCNC(=O)OCc2ccc([N+](=O)[O-])cc2)OC[C@]1(C)O. The molecule has 1 saturated carbocycles. The lowest BCUT2D eigenvalue weighted by molar-refractivity contribution is -0.385. The number of hydrogen-bond donors (Lipinski definition) is 11. The maximum atomic E-state index is 14.2. The number of carbonyl (C=O) groups is 5. The molecular formula is C55H73N9O24. The normalized spacial score (nSPS) is 25.0. The fraction of sp³-hybridized carbons (Fsp3) is 0.545. The van der Waals surface area contributed by atoms with E-state index >= 15 is 0 Å². The van der Waals surface area contributed by atoms with Crippen molar-refractivity contribution in [2.24, 2.45) is 5.92 Å². The van der Waals surface area contributed by atoms with E-state index in [0.29, 0.717) is 16.7 Å². The number of rotatable bonds is 25. The maximum Gasteiger partial charge on any atom is 0.410 e. The van der Waals surface area contributed by atoms with E-state index in [1.165, 1.54) is 86.8 Å². The number of carbonyl (C=O) groups excluding carboxylic acids is 5. The van der Waals surface area contributed by atoms with Crippen molar-refractivity contribution >= 4 is 47.3 Å². The molecule has 5 amide bonds. The molecule has 88 heavy (non-hydrogen) atoms. The second-order valence-electron chi connectivity index (χ2n) is 22.3. The Balaban J connectivity index is 1.34. The van der Waals surface area contributed by atoms with Gasteiger partial charge in [0.15, 0.2) is 6.29 Å². The van der Waals surface area contributed by atoms with E-state index in [2.05, 4.69) is 26.6 Å². The third kappa shape index (κ3) is 19.5. The molecular weight excluding hydrogens is 1170 g/mol. The molecule has 33 heteroatoms. The number of nitrogens with zero attached hydrogens (tertiary/aromatic N) is 4. The zero-order valence-corrected chi connectivity index (χ0v) is 48.5. The second-order valence-corrected chi connectivity index (χ2v) is 22.3. The van der Waals surface area contributed by atoms with E-state index in [-0.39, 0.29) is 62.1 Å². The Bertz CT molecular complexity index is 2930. The molecule has 0 spiro atoms. The van der Waals surface area contributed by atoms with E-state index in [1.807, 2.05) is 0 Å². The quantitative estimate of drug-likeness (QED) is 0.0326. The van der Waals surface area contributed by atoms with E-state index in [1.54, 1.807) is 26.8 Å². The first-order valence-electron chi connectivity index (χ1n) is 27.7. The first-order chi connectivity index (χ1) is 41.5. The van der Waals surface area contributed by atoms with Crippen LogP contribution in [0.4, 0.5) is 36.2 Å². The predicted molar refractivity (Wildman–Crippen MR) is 301 cm³/mol. The van der Waals surface area contributed by atoms with E-state index in [4.69, 9.17) is 33.2 Å². The highest BCUT2D eigenvalue weighted by Crippen LogP contribution is 2.39. The minimum atomic E-state index is -2.03. The van der Waals surface area contributed by atoms with Gasteiger partial charge in [0.1, 0.15) is 61.2 Å². The summed E-state index contributed by atoms with van der Waals surface area (Å²) in [6.07, 6.45) is -15.9. The van der Waals surface area contributed by atoms with Crippen LogP contribution in [0.2, 0.25) is 0 Å². The number of likely N-dealkylation sites (N-methyl/N-ethyl adjacent to an activating group) is 1. The molecule has 0 aromatic heterocycles. The molecule has 2 heterocycles. The van der Waals surface area contributed by atoms with Crippen LogP contribution >= 0.6 is 0 Å². The summed E-state index contributed by atoms with van der Waals surface area (Å²) in [5.74, 6) is -2.49. The first-order valence-corrected chi connectivity index (χ1v) is 27.7. The van der Waals surface area contributed by atoms with Crippen LogP contribution in [0.15, 0.2) is 84.6 Å². The standard InChI is InChI=1S/C55H73N9O24/c1-54(2,3)88-53(74)61(5)47-44(69)49(85-29-55(47,4)75)87-46-40(58-48(70)41(67)20-21-57-50(71)82-26-30-6-12-33(13-7-30)62(76)77)22-39(60-52(73)84-28-32-10-16-35(17-11-32)64(80)81)42(43(46)68)45-38(19-18-37(86-45)24-56-23-36(66)25-65)59-51(72)83-27-31-8-14-34(15-9-31)63(78)79/h6-18,36,38-47,49,56,65-69,75H,19-29H2,1-5H3,(H,57,71)(H,58,70)(H,59,72)(H,60,73)/t36?,38-,39+,40-,41+,42-,43+,44-,45?,46+,47-,49-,55+/m1/s1. The van der Waals surface area contributed by atoms with Crippen molar-refractivity contribution in [3.05, 3.63) is 132 Å². The monoisotopic (exact) mass is 1240 g/mol. The molecule has 2 aliphatic heterocycles. The summed E-state index contributed by atoms with van der Waals surface area (Å²) >= 11 is 0.